The highest BCUT2D eigenvalue weighted by Gasteiger charge is 2.11. The molecule has 0 radical (unpaired) electrons. The molecule has 0 N–H and O–H groups in total. The van der Waals surface area contributed by atoms with Crippen LogP contribution in [0.2, 0.25) is 0 Å². The predicted octanol–water partition coefficient (Wildman–Crippen LogP) is 3.21. The average molecular weight is 386 g/mol. The molecule has 0 fully saturated rings. The Morgan fingerprint density at radius 2 is 1.52 bits per heavy atom. The summed E-state index contributed by atoms with van der Waals surface area (Å²) in [5.74, 6) is -1.69. The van der Waals surface area contributed by atoms with Gasteiger partial charge in [0.25, 0.3) is 0 Å². The molecule has 0 aromatic carbocycles. The lowest BCUT2D eigenvalue weighted by atomic mass is 10.0. The normalized spacial score (nSPS) is 12.0. The van der Waals surface area contributed by atoms with Crippen LogP contribution in [0.3, 0.4) is 0 Å². The van der Waals surface area contributed by atoms with Gasteiger partial charge in [0, 0.05) is 25.4 Å². The van der Waals surface area contributed by atoms with E-state index in [9.17, 15) is 14.4 Å². The van der Waals surface area contributed by atoms with Crippen molar-refractivity contribution in [2.45, 2.75) is 59.3 Å². The molecule has 0 aliphatic carbocycles. The Balaban J connectivity index is 3.85. The van der Waals surface area contributed by atoms with E-state index in [1.165, 1.54) is 0 Å². The summed E-state index contributed by atoms with van der Waals surface area (Å²) in [5.41, 5.74) is 0. The van der Waals surface area contributed by atoms with Crippen LogP contribution in [0.1, 0.15) is 59.3 Å². The minimum absolute atomic E-state index is 0.258. The molecular weight excluding hydrogens is 352 g/mol. The molecule has 0 spiro atoms. The Kier molecular flexibility index (Phi) is 16.3. The van der Waals surface area contributed by atoms with Gasteiger partial charge in [0.2, 0.25) is 0 Å². The van der Waals surface area contributed by atoms with E-state index in [1.807, 2.05) is 6.92 Å². The maximum atomic E-state index is 11.6. The third-order valence-corrected chi connectivity index (χ3v) is 3.84. The van der Waals surface area contributed by atoms with Crippen molar-refractivity contribution in [3.05, 3.63) is 12.2 Å². The molecular formula is C20H34O7. The Bertz CT molecular complexity index is 446. The summed E-state index contributed by atoms with van der Waals surface area (Å²) in [4.78, 5) is 34.5. The van der Waals surface area contributed by atoms with Crippen molar-refractivity contribution >= 4 is 17.9 Å². The van der Waals surface area contributed by atoms with Crippen LogP contribution in [0.15, 0.2) is 12.2 Å². The van der Waals surface area contributed by atoms with Crippen LogP contribution in [0.25, 0.3) is 0 Å². The second-order valence-electron chi connectivity index (χ2n) is 6.11. The smallest absolute Gasteiger partial charge is 0.344 e. The van der Waals surface area contributed by atoms with E-state index in [1.54, 1.807) is 0 Å². The topological polar surface area (TPSA) is 88.1 Å². The number of carbonyl (C=O) groups excluding carboxylic acids is 3. The Labute approximate surface area is 162 Å². The van der Waals surface area contributed by atoms with Gasteiger partial charge in [0.15, 0.2) is 6.61 Å². The van der Waals surface area contributed by atoms with Gasteiger partial charge in [-0.1, -0.05) is 33.1 Å². The molecule has 156 valence electrons. The van der Waals surface area contributed by atoms with Gasteiger partial charge >= 0.3 is 17.9 Å². The van der Waals surface area contributed by atoms with Gasteiger partial charge in [-0.2, -0.15) is 0 Å². The monoisotopic (exact) mass is 386 g/mol. The lowest BCUT2D eigenvalue weighted by molar-refractivity contribution is -0.157. The first-order chi connectivity index (χ1) is 13.0. The number of hydrogen-bond acceptors (Lipinski definition) is 7. The molecule has 0 amide bonds. The van der Waals surface area contributed by atoms with Crippen molar-refractivity contribution in [3.8, 4) is 0 Å². The van der Waals surface area contributed by atoms with Crippen LogP contribution in [0.5, 0.6) is 0 Å². The first-order valence-corrected chi connectivity index (χ1v) is 9.78. The Morgan fingerprint density at radius 3 is 2.15 bits per heavy atom. The molecule has 0 aliphatic rings. The zero-order chi connectivity index (χ0) is 20.3. The molecule has 0 aromatic rings. The summed E-state index contributed by atoms with van der Waals surface area (Å²) < 4.78 is 20.0. The molecule has 7 heteroatoms. The molecule has 1 atom stereocenters. The molecule has 0 saturated carbocycles. The van der Waals surface area contributed by atoms with E-state index >= 15 is 0 Å². The predicted molar refractivity (Wildman–Crippen MR) is 101 cm³/mol. The summed E-state index contributed by atoms with van der Waals surface area (Å²) >= 11 is 0. The quantitative estimate of drug-likeness (QED) is 0.174. The van der Waals surface area contributed by atoms with Gasteiger partial charge in [0.1, 0.15) is 0 Å². The maximum absolute atomic E-state index is 11.6. The Morgan fingerprint density at radius 1 is 0.852 bits per heavy atom. The summed E-state index contributed by atoms with van der Waals surface area (Å²) in [5, 5.41) is 0. The number of esters is 3. The number of ether oxygens (including phenoxy) is 4. The number of carbonyl (C=O) groups is 3. The van der Waals surface area contributed by atoms with Crippen LogP contribution in [0.4, 0.5) is 0 Å². The number of rotatable bonds is 16. The van der Waals surface area contributed by atoms with Gasteiger partial charge in [-0.05, 0) is 32.1 Å². The van der Waals surface area contributed by atoms with Crippen LogP contribution in [-0.2, 0) is 33.3 Å². The first-order valence-electron chi connectivity index (χ1n) is 9.78. The average Bonchev–Trinajstić information content (AvgIpc) is 2.67. The second kappa shape index (κ2) is 17.5. The summed E-state index contributed by atoms with van der Waals surface area (Å²) in [6.45, 7) is 7.49. The largest absolute Gasteiger partial charge is 0.463 e. The highest BCUT2D eigenvalue weighted by Crippen LogP contribution is 2.12. The summed E-state index contributed by atoms with van der Waals surface area (Å²) in [6, 6.07) is 0. The number of hydrogen-bond donors (Lipinski definition) is 0. The van der Waals surface area contributed by atoms with E-state index < -0.39 is 24.5 Å². The van der Waals surface area contributed by atoms with Gasteiger partial charge in [-0.15, -0.1) is 0 Å². The van der Waals surface area contributed by atoms with Crippen LogP contribution < -0.4 is 0 Å². The van der Waals surface area contributed by atoms with Gasteiger partial charge in [0.05, 0.1) is 13.2 Å². The molecule has 27 heavy (non-hydrogen) atoms. The van der Waals surface area contributed by atoms with E-state index in [0.29, 0.717) is 32.2 Å². The maximum Gasteiger partial charge on any atom is 0.344 e. The number of unbranched alkanes of at least 4 members (excludes halogenated alkanes) is 2. The van der Waals surface area contributed by atoms with E-state index in [0.717, 1.165) is 44.3 Å². The molecule has 7 nitrogen and oxygen atoms in total. The van der Waals surface area contributed by atoms with Crippen molar-refractivity contribution in [3.63, 3.8) is 0 Å². The van der Waals surface area contributed by atoms with E-state index in [4.69, 9.17) is 18.9 Å². The lowest BCUT2D eigenvalue weighted by Gasteiger charge is -2.14. The summed E-state index contributed by atoms with van der Waals surface area (Å²) in [7, 11) is 0. The van der Waals surface area contributed by atoms with Crippen molar-refractivity contribution in [1.82, 2.24) is 0 Å². The third-order valence-electron chi connectivity index (χ3n) is 3.84. The Hall–Kier alpha value is -1.89. The molecule has 0 rings (SSSR count). The minimum atomic E-state index is -0.793. The van der Waals surface area contributed by atoms with Crippen molar-refractivity contribution in [2.75, 3.05) is 33.0 Å². The SMILES string of the molecule is CCCCC(CC)COC(=O)COC(=O)/C=C/C(=O)OCCCCOCC. The van der Waals surface area contributed by atoms with Crippen LogP contribution in [0, 0.1) is 5.92 Å². The molecule has 1 unspecified atom stereocenters. The fourth-order valence-electron chi connectivity index (χ4n) is 2.14. The third kappa shape index (κ3) is 16.0. The zero-order valence-corrected chi connectivity index (χ0v) is 16.9. The standard InChI is InChI=1S/C20H34O7/c1-4-7-10-17(5-2)15-26-20(23)16-27-19(22)12-11-18(21)25-14-9-8-13-24-6-3/h11-12,17H,4-10,13-16H2,1-3H3/b12-11+. The zero-order valence-electron chi connectivity index (χ0n) is 16.9. The summed E-state index contributed by atoms with van der Waals surface area (Å²) in [6.07, 6.45) is 7.54. The van der Waals surface area contributed by atoms with Crippen LogP contribution in [-0.4, -0.2) is 50.9 Å². The molecule has 0 aromatic heterocycles. The fourth-order valence-corrected chi connectivity index (χ4v) is 2.14. The van der Waals surface area contributed by atoms with Gasteiger partial charge in [-0.3, -0.25) is 0 Å². The highest BCUT2D eigenvalue weighted by molar-refractivity contribution is 5.92. The van der Waals surface area contributed by atoms with Crippen molar-refractivity contribution in [2.24, 2.45) is 5.92 Å². The molecule has 0 aliphatic heterocycles. The lowest BCUT2D eigenvalue weighted by Crippen LogP contribution is -2.19. The van der Waals surface area contributed by atoms with Crippen molar-refractivity contribution in [1.29, 1.82) is 0 Å². The first kappa shape index (κ1) is 25.1. The van der Waals surface area contributed by atoms with E-state index in [-0.39, 0.29) is 6.61 Å². The van der Waals surface area contributed by atoms with Crippen molar-refractivity contribution < 1.29 is 33.3 Å². The fraction of sp³-hybridized carbons (Fsp3) is 0.750. The minimum Gasteiger partial charge on any atom is -0.463 e. The second-order valence-corrected chi connectivity index (χ2v) is 6.11. The molecule has 0 bridgehead atoms. The van der Waals surface area contributed by atoms with Gasteiger partial charge in [-0.25, -0.2) is 14.4 Å². The molecule has 0 saturated heterocycles. The van der Waals surface area contributed by atoms with Gasteiger partial charge < -0.3 is 18.9 Å². The van der Waals surface area contributed by atoms with E-state index in [2.05, 4.69) is 13.8 Å². The highest BCUT2D eigenvalue weighted by atomic mass is 16.6. The van der Waals surface area contributed by atoms with Crippen LogP contribution >= 0.6 is 0 Å². The molecule has 0 heterocycles.